The lowest BCUT2D eigenvalue weighted by Gasteiger charge is -2.32. The maximum absolute atomic E-state index is 2.51. The Morgan fingerprint density at radius 2 is 0.822 bits per heavy atom. The second-order valence-corrected chi connectivity index (χ2v) is 14.0. The Balaban J connectivity index is 1.35. The van der Waals surface area contributed by atoms with Gasteiger partial charge in [-0.1, -0.05) is 119 Å². The van der Waals surface area contributed by atoms with Gasteiger partial charge in [0.15, 0.2) is 0 Å². The van der Waals surface area contributed by atoms with Crippen LogP contribution in [0.5, 0.6) is 0 Å². The van der Waals surface area contributed by atoms with E-state index in [0.717, 1.165) is 0 Å². The van der Waals surface area contributed by atoms with E-state index >= 15 is 0 Å². The van der Waals surface area contributed by atoms with Crippen molar-refractivity contribution in [1.29, 1.82) is 0 Å². The molecule has 0 N–H and O–H groups in total. The predicted octanol–water partition coefficient (Wildman–Crippen LogP) is 12.1. The molecule has 8 rings (SSSR count). The first-order valence-electron chi connectivity index (χ1n) is 16.1. The van der Waals surface area contributed by atoms with Crippen molar-refractivity contribution in [3.05, 3.63) is 161 Å². The molecule has 1 heteroatoms. The largest absolute Gasteiger partial charge is 0.310 e. The molecule has 0 heterocycles. The minimum Gasteiger partial charge on any atom is -0.310 e. The highest BCUT2D eigenvalue weighted by molar-refractivity contribution is 5.90. The van der Waals surface area contributed by atoms with Crippen LogP contribution in [0.25, 0.3) is 33.4 Å². The molecular formula is C44H39N. The van der Waals surface area contributed by atoms with Crippen molar-refractivity contribution in [1.82, 2.24) is 0 Å². The molecule has 45 heavy (non-hydrogen) atoms. The third-order valence-corrected chi connectivity index (χ3v) is 10.5. The van der Waals surface area contributed by atoms with Crippen molar-refractivity contribution in [2.24, 2.45) is 0 Å². The summed E-state index contributed by atoms with van der Waals surface area (Å²) < 4.78 is 0. The summed E-state index contributed by atoms with van der Waals surface area (Å²) in [5.74, 6) is 0. The summed E-state index contributed by atoms with van der Waals surface area (Å²) >= 11 is 0. The average molecular weight is 582 g/mol. The summed E-state index contributed by atoms with van der Waals surface area (Å²) in [5, 5.41) is 0. The van der Waals surface area contributed by atoms with E-state index in [1.54, 1.807) is 0 Å². The van der Waals surface area contributed by atoms with Gasteiger partial charge in [0.05, 0.1) is 5.69 Å². The van der Waals surface area contributed by atoms with E-state index in [1.165, 1.54) is 83.8 Å². The lowest BCUT2D eigenvalue weighted by atomic mass is 9.82. The summed E-state index contributed by atoms with van der Waals surface area (Å²) in [4.78, 5) is 2.51. The van der Waals surface area contributed by atoms with Crippen LogP contribution >= 0.6 is 0 Å². The average Bonchev–Trinajstić information content (AvgIpc) is 3.42. The van der Waals surface area contributed by atoms with Gasteiger partial charge in [0.1, 0.15) is 0 Å². The molecule has 0 aromatic heterocycles. The molecule has 0 amide bonds. The molecule has 0 bridgehead atoms. The number of hydrogen-bond acceptors (Lipinski definition) is 1. The van der Waals surface area contributed by atoms with E-state index in [1.807, 2.05) is 0 Å². The number of benzene rings is 6. The lowest BCUT2D eigenvalue weighted by molar-refractivity contribution is 0.660. The van der Waals surface area contributed by atoms with Gasteiger partial charge in [-0.15, -0.1) is 0 Å². The van der Waals surface area contributed by atoms with Crippen LogP contribution in [0.3, 0.4) is 0 Å². The molecule has 6 aromatic carbocycles. The molecule has 6 aromatic rings. The first kappa shape index (κ1) is 27.7. The van der Waals surface area contributed by atoms with Gasteiger partial charge < -0.3 is 4.90 Å². The van der Waals surface area contributed by atoms with Crippen molar-refractivity contribution < 1.29 is 0 Å². The van der Waals surface area contributed by atoms with Crippen molar-refractivity contribution in [3.8, 4) is 33.4 Å². The molecule has 2 aliphatic rings. The van der Waals surface area contributed by atoms with Gasteiger partial charge in [0.25, 0.3) is 0 Å². The maximum atomic E-state index is 2.51. The Morgan fingerprint density at radius 3 is 1.31 bits per heavy atom. The van der Waals surface area contributed by atoms with Crippen LogP contribution in [-0.4, -0.2) is 0 Å². The van der Waals surface area contributed by atoms with Crippen LogP contribution in [0, 0.1) is 13.8 Å². The number of hydrogen-bond donors (Lipinski definition) is 0. The zero-order valence-corrected chi connectivity index (χ0v) is 27.1. The van der Waals surface area contributed by atoms with E-state index in [4.69, 9.17) is 0 Å². The van der Waals surface area contributed by atoms with Crippen LogP contribution in [0.15, 0.2) is 127 Å². The van der Waals surface area contributed by atoms with E-state index in [2.05, 4.69) is 174 Å². The second kappa shape index (κ2) is 9.81. The zero-order chi connectivity index (χ0) is 31.1. The molecule has 0 saturated heterocycles. The zero-order valence-electron chi connectivity index (χ0n) is 27.1. The Bertz CT molecular complexity index is 2000. The number of rotatable bonds is 4. The summed E-state index contributed by atoms with van der Waals surface area (Å²) in [6.07, 6.45) is 0. The first-order valence-corrected chi connectivity index (χ1v) is 16.1. The van der Waals surface area contributed by atoms with E-state index in [-0.39, 0.29) is 10.8 Å². The van der Waals surface area contributed by atoms with Crippen LogP contribution in [0.4, 0.5) is 17.1 Å². The third kappa shape index (κ3) is 4.07. The molecule has 0 radical (unpaired) electrons. The van der Waals surface area contributed by atoms with Gasteiger partial charge >= 0.3 is 0 Å². The summed E-state index contributed by atoms with van der Waals surface area (Å²) in [5.41, 5.74) is 19.5. The van der Waals surface area contributed by atoms with Gasteiger partial charge in [0, 0.05) is 22.2 Å². The fraction of sp³-hybridized carbons (Fsp3) is 0.182. The van der Waals surface area contributed by atoms with Crippen molar-refractivity contribution in [3.63, 3.8) is 0 Å². The van der Waals surface area contributed by atoms with E-state index < -0.39 is 0 Å². The van der Waals surface area contributed by atoms with Gasteiger partial charge in [-0.05, 0) is 117 Å². The molecule has 0 unspecified atom stereocenters. The number of nitrogens with zero attached hydrogens (tertiary/aromatic N) is 1. The number of aryl methyl sites for hydroxylation is 2. The van der Waals surface area contributed by atoms with Crippen LogP contribution in [0.1, 0.15) is 61.1 Å². The van der Waals surface area contributed by atoms with Crippen LogP contribution < -0.4 is 4.90 Å². The summed E-state index contributed by atoms with van der Waals surface area (Å²) in [6, 6.07) is 47.5. The minimum absolute atomic E-state index is 0.0730. The van der Waals surface area contributed by atoms with Crippen molar-refractivity contribution in [2.75, 3.05) is 4.90 Å². The fourth-order valence-corrected chi connectivity index (χ4v) is 8.18. The Labute approximate surface area is 267 Å². The van der Waals surface area contributed by atoms with Crippen molar-refractivity contribution >= 4 is 17.1 Å². The summed E-state index contributed by atoms with van der Waals surface area (Å²) in [6.45, 7) is 14.0. The monoisotopic (exact) mass is 581 g/mol. The third-order valence-electron chi connectivity index (χ3n) is 10.5. The first-order chi connectivity index (χ1) is 21.7. The maximum Gasteiger partial charge on any atom is 0.0520 e. The van der Waals surface area contributed by atoms with Crippen molar-refractivity contribution in [2.45, 2.75) is 52.4 Å². The standard InChI is InChI=1S/C44H39N/c1-28-24-31(30-14-8-7-9-15-30)25-29(2)42(28)45(32-20-22-36-34-16-10-12-18-38(34)43(3,4)40(36)26-32)33-21-23-37-35-17-11-13-19-39(35)44(5,6)41(37)27-33/h7-27H,1-6H3. The van der Waals surface area contributed by atoms with Crippen LogP contribution in [0.2, 0.25) is 0 Å². The smallest absolute Gasteiger partial charge is 0.0520 e. The lowest BCUT2D eigenvalue weighted by Crippen LogP contribution is -2.18. The highest BCUT2D eigenvalue weighted by atomic mass is 15.1. The SMILES string of the molecule is Cc1cc(-c2ccccc2)cc(C)c1N(c1ccc2c(c1)C(C)(C)c1ccccc1-2)c1ccc2c(c1)C(C)(C)c1ccccc1-2. The molecule has 0 spiro atoms. The molecule has 0 saturated carbocycles. The highest BCUT2D eigenvalue weighted by Gasteiger charge is 2.37. The van der Waals surface area contributed by atoms with Crippen LogP contribution in [-0.2, 0) is 10.8 Å². The molecule has 0 atom stereocenters. The van der Waals surface area contributed by atoms with E-state index in [9.17, 15) is 0 Å². The van der Waals surface area contributed by atoms with E-state index in [0.29, 0.717) is 0 Å². The summed E-state index contributed by atoms with van der Waals surface area (Å²) in [7, 11) is 0. The quantitative estimate of drug-likeness (QED) is 0.200. The molecule has 0 fully saturated rings. The molecule has 2 aliphatic carbocycles. The number of fused-ring (bicyclic) bond motifs is 6. The van der Waals surface area contributed by atoms with Gasteiger partial charge in [0.2, 0.25) is 0 Å². The highest BCUT2D eigenvalue weighted by Crippen LogP contribution is 2.53. The number of anilines is 3. The Morgan fingerprint density at radius 1 is 0.400 bits per heavy atom. The molecule has 220 valence electrons. The molecule has 0 aliphatic heterocycles. The topological polar surface area (TPSA) is 3.24 Å². The predicted molar refractivity (Wildman–Crippen MR) is 191 cm³/mol. The van der Waals surface area contributed by atoms with Gasteiger partial charge in [-0.3, -0.25) is 0 Å². The molecular weight excluding hydrogens is 542 g/mol. The molecule has 1 nitrogen and oxygen atoms in total. The Hall–Kier alpha value is -4.88. The van der Waals surface area contributed by atoms with Gasteiger partial charge in [-0.25, -0.2) is 0 Å². The fourth-order valence-electron chi connectivity index (χ4n) is 8.18. The minimum atomic E-state index is -0.0730. The second-order valence-electron chi connectivity index (χ2n) is 14.0. The van der Waals surface area contributed by atoms with Gasteiger partial charge in [-0.2, -0.15) is 0 Å². The Kier molecular flexibility index (Phi) is 6.03. The normalized spacial score (nSPS) is 14.8.